The van der Waals surface area contributed by atoms with Crippen LogP contribution in [0.2, 0.25) is 5.02 Å². The molecule has 0 saturated carbocycles. The van der Waals surface area contributed by atoms with Crippen molar-refractivity contribution >= 4 is 29.1 Å². The average Bonchev–Trinajstić information content (AvgIpc) is 2.13. The van der Waals surface area contributed by atoms with Gasteiger partial charge in [0.1, 0.15) is 0 Å². The number of aryl methyl sites for hydroxylation is 1. The van der Waals surface area contributed by atoms with Crippen molar-refractivity contribution in [3.63, 3.8) is 0 Å². The molecule has 0 bridgehead atoms. The van der Waals surface area contributed by atoms with Crippen LogP contribution in [-0.2, 0) is 0 Å². The van der Waals surface area contributed by atoms with Crippen molar-refractivity contribution in [3.05, 3.63) is 22.7 Å². The lowest BCUT2D eigenvalue weighted by Gasteiger charge is -2.16. The topological polar surface area (TPSA) is 46.2 Å². The molecule has 1 rings (SSSR count). The Labute approximate surface area is 99.8 Å². The van der Waals surface area contributed by atoms with Crippen LogP contribution in [0.15, 0.2) is 17.0 Å². The van der Waals surface area contributed by atoms with Gasteiger partial charge in [0, 0.05) is 10.1 Å². The number of rotatable bonds is 3. The zero-order valence-corrected chi connectivity index (χ0v) is 10.7. The van der Waals surface area contributed by atoms with E-state index in [4.69, 9.17) is 17.3 Å². The first-order chi connectivity index (χ1) is 6.91. The molecular formula is C11H16ClNOS. The molecule has 0 fully saturated rings. The van der Waals surface area contributed by atoms with Crippen LogP contribution in [0.3, 0.4) is 0 Å². The molecule has 0 radical (unpaired) electrons. The summed E-state index contributed by atoms with van der Waals surface area (Å²) in [6.07, 6.45) is -0.342. The molecule has 3 N–H and O–H groups in total. The lowest BCUT2D eigenvalue weighted by molar-refractivity contribution is 0.196. The minimum atomic E-state index is -0.342. The van der Waals surface area contributed by atoms with Gasteiger partial charge in [0.2, 0.25) is 0 Å². The van der Waals surface area contributed by atoms with Gasteiger partial charge in [-0.05, 0) is 31.5 Å². The number of benzene rings is 1. The Bertz CT molecular complexity index is 355. The monoisotopic (exact) mass is 245 g/mol. The number of anilines is 1. The van der Waals surface area contributed by atoms with Gasteiger partial charge in [0.25, 0.3) is 0 Å². The molecule has 2 unspecified atom stereocenters. The van der Waals surface area contributed by atoms with Crippen LogP contribution in [-0.4, -0.2) is 16.5 Å². The van der Waals surface area contributed by atoms with Crippen molar-refractivity contribution in [2.75, 3.05) is 5.73 Å². The summed E-state index contributed by atoms with van der Waals surface area (Å²) in [5.74, 6) is 0. The van der Waals surface area contributed by atoms with Crippen molar-refractivity contribution in [1.29, 1.82) is 0 Å². The second kappa shape index (κ2) is 5.10. The molecular weight excluding hydrogens is 230 g/mol. The molecule has 2 atom stereocenters. The van der Waals surface area contributed by atoms with Gasteiger partial charge in [-0.15, -0.1) is 11.8 Å². The number of thioether (sulfide) groups is 1. The van der Waals surface area contributed by atoms with Gasteiger partial charge in [-0.25, -0.2) is 0 Å². The zero-order valence-electron chi connectivity index (χ0n) is 9.12. The molecule has 15 heavy (non-hydrogen) atoms. The number of hydrogen-bond acceptors (Lipinski definition) is 3. The molecule has 0 heterocycles. The molecule has 0 amide bonds. The van der Waals surface area contributed by atoms with E-state index in [2.05, 4.69) is 0 Å². The predicted octanol–water partition coefficient (Wildman–Crippen LogP) is 3.09. The van der Waals surface area contributed by atoms with Gasteiger partial charge in [-0.2, -0.15) is 0 Å². The minimum absolute atomic E-state index is 0.142. The van der Waals surface area contributed by atoms with E-state index >= 15 is 0 Å². The van der Waals surface area contributed by atoms with E-state index in [-0.39, 0.29) is 11.4 Å². The lowest BCUT2D eigenvalue weighted by Crippen LogP contribution is -2.15. The Morgan fingerprint density at radius 3 is 2.53 bits per heavy atom. The van der Waals surface area contributed by atoms with Crippen LogP contribution >= 0.6 is 23.4 Å². The Morgan fingerprint density at radius 1 is 1.40 bits per heavy atom. The van der Waals surface area contributed by atoms with Crippen LogP contribution in [0.5, 0.6) is 0 Å². The van der Waals surface area contributed by atoms with Gasteiger partial charge in [-0.3, -0.25) is 0 Å². The van der Waals surface area contributed by atoms with Crippen molar-refractivity contribution in [3.8, 4) is 0 Å². The van der Waals surface area contributed by atoms with E-state index in [0.717, 1.165) is 10.5 Å². The maximum Gasteiger partial charge on any atom is 0.0646 e. The normalized spacial score (nSPS) is 15.0. The molecule has 0 spiro atoms. The van der Waals surface area contributed by atoms with E-state index in [1.165, 1.54) is 0 Å². The summed E-state index contributed by atoms with van der Waals surface area (Å²) < 4.78 is 0. The van der Waals surface area contributed by atoms with E-state index in [0.29, 0.717) is 10.7 Å². The van der Waals surface area contributed by atoms with Gasteiger partial charge < -0.3 is 10.8 Å². The standard InChI is InChI=1S/C11H16ClNOS/c1-6-4-10(13)9(12)5-11(6)15-8(3)7(2)14/h4-5,7-8,14H,13H2,1-3H3. The van der Waals surface area contributed by atoms with Crippen molar-refractivity contribution in [2.45, 2.75) is 37.0 Å². The molecule has 0 aliphatic carbocycles. The largest absolute Gasteiger partial charge is 0.398 e. The molecule has 0 aromatic heterocycles. The van der Waals surface area contributed by atoms with Gasteiger partial charge in [0.15, 0.2) is 0 Å². The predicted molar refractivity (Wildman–Crippen MR) is 67.6 cm³/mol. The summed E-state index contributed by atoms with van der Waals surface area (Å²) in [4.78, 5) is 1.07. The second-order valence-electron chi connectivity index (χ2n) is 3.70. The zero-order chi connectivity index (χ0) is 11.6. The van der Waals surface area contributed by atoms with Crippen LogP contribution in [0.25, 0.3) is 0 Å². The smallest absolute Gasteiger partial charge is 0.0646 e. The van der Waals surface area contributed by atoms with E-state index in [9.17, 15) is 5.11 Å². The third-order valence-corrected chi connectivity index (χ3v) is 4.07. The highest BCUT2D eigenvalue weighted by molar-refractivity contribution is 8.00. The number of nitrogen functional groups attached to an aromatic ring is 1. The van der Waals surface area contributed by atoms with Gasteiger partial charge in [-0.1, -0.05) is 18.5 Å². The highest BCUT2D eigenvalue weighted by Gasteiger charge is 2.12. The molecule has 0 aliphatic heterocycles. The van der Waals surface area contributed by atoms with E-state index in [1.807, 2.05) is 26.0 Å². The summed E-state index contributed by atoms with van der Waals surface area (Å²) in [5, 5.41) is 10.1. The molecule has 4 heteroatoms. The van der Waals surface area contributed by atoms with E-state index in [1.54, 1.807) is 18.7 Å². The molecule has 2 nitrogen and oxygen atoms in total. The first-order valence-corrected chi connectivity index (χ1v) is 6.08. The third kappa shape index (κ3) is 3.30. The minimum Gasteiger partial charge on any atom is -0.398 e. The fraction of sp³-hybridized carbons (Fsp3) is 0.455. The number of hydrogen-bond donors (Lipinski definition) is 2. The number of aliphatic hydroxyl groups is 1. The van der Waals surface area contributed by atoms with Crippen molar-refractivity contribution in [1.82, 2.24) is 0 Å². The number of halogens is 1. The fourth-order valence-electron chi connectivity index (χ4n) is 1.11. The van der Waals surface area contributed by atoms with Gasteiger partial charge in [0.05, 0.1) is 16.8 Å². The molecule has 1 aromatic carbocycles. The quantitative estimate of drug-likeness (QED) is 0.636. The van der Waals surface area contributed by atoms with Crippen molar-refractivity contribution in [2.24, 2.45) is 0 Å². The Hall–Kier alpha value is -0.380. The Balaban J connectivity index is 2.91. The maximum atomic E-state index is 9.42. The van der Waals surface area contributed by atoms with Crippen LogP contribution < -0.4 is 5.73 Å². The molecule has 84 valence electrons. The third-order valence-electron chi connectivity index (χ3n) is 2.29. The average molecular weight is 246 g/mol. The molecule has 1 aromatic rings. The first kappa shape index (κ1) is 12.7. The Morgan fingerprint density at radius 2 is 2.00 bits per heavy atom. The van der Waals surface area contributed by atoms with Crippen LogP contribution in [0.4, 0.5) is 5.69 Å². The van der Waals surface area contributed by atoms with Crippen LogP contribution in [0.1, 0.15) is 19.4 Å². The van der Waals surface area contributed by atoms with Crippen LogP contribution in [0, 0.1) is 6.92 Å². The highest BCUT2D eigenvalue weighted by Crippen LogP contribution is 2.33. The molecule has 0 saturated heterocycles. The molecule has 0 aliphatic rings. The summed E-state index contributed by atoms with van der Waals surface area (Å²) in [5.41, 5.74) is 7.38. The summed E-state index contributed by atoms with van der Waals surface area (Å²) in [6.45, 7) is 5.76. The SMILES string of the molecule is Cc1cc(N)c(Cl)cc1SC(C)C(C)O. The summed E-state index contributed by atoms with van der Waals surface area (Å²) >= 11 is 7.56. The second-order valence-corrected chi connectivity index (χ2v) is 5.53. The Kier molecular flexibility index (Phi) is 4.32. The van der Waals surface area contributed by atoms with Crippen molar-refractivity contribution < 1.29 is 5.11 Å². The first-order valence-electron chi connectivity index (χ1n) is 4.82. The number of aliphatic hydroxyl groups excluding tert-OH is 1. The fourth-order valence-corrected chi connectivity index (χ4v) is 2.37. The van der Waals surface area contributed by atoms with Gasteiger partial charge >= 0.3 is 0 Å². The highest BCUT2D eigenvalue weighted by atomic mass is 35.5. The maximum absolute atomic E-state index is 9.42. The lowest BCUT2D eigenvalue weighted by atomic mass is 10.2. The summed E-state index contributed by atoms with van der Waals surface area (Å²) in [7, 11) is 0. The van der Waals surface area contributed by atoms with E-state index < -0.39 is 0 Å². The summed E-state index contributed by atoms with van der Waals surface area (Å²) in [6, 6.07) is 3.72. The number of nitrogens with two attached hydrogens (primary N) is 1.